The molecule has 7 heteroatoms. The quantitative estimate of drug-likeness (QED) is 0.349. The Labute approximate surface area is 96.9 Å². The molecule has 2 unspecified atom stereocenters. The number of hydrogen-bond acceptors (Lipinski definition) is 6. The molecule has 17 heavy (non-hydrogen) atoms. The van der Waals surface area contributed by atoms with Crippen molar-refractivity contribution in [3.05, 3.63) is 12.7 Å². The largest absolute Gasteiger partial charge is 0.479 e. The zero-order valence-corrected chi connectivity index (χ0v) is 8.94. The van der Waals surface area contributed by atoms with Crippen molar-refractivity contribution >= 4 is 11.9 Å². The maximum absolute atomic E-state index is 10.9. The lowest BCUT2D eigenvalue weighted by Gasteiger charge is -2.39. The van der Waals surface area contributed by atoms with Crippen molar-refractivity contribution in [2.24, 2.45) is 0 Å². The van der Waals surface area contributed by atoms with Gasteiger partial charge in [0.1, 0.15) is 0 Å². The number of esters is 1. The molecule has 0 aromatic carbocycles. The Kier molecular flexibility index (Phi) is 3.87. The third-order valence-corrected chi connectivity index (χ3v) is 2.67. The molecule has 1 rings (SSSR count). The van der Waals surface area contributed by atoms with Gasteiger partial charge in [-0.1, -0.05) is 6.58 Å². The first-order valence-electron chi connectivity index (χ1n) is 4.95. The van der Waals surface area contributed by atoms with Gasteiger partial charge in [0.2, 0.25) is 0 Å². The Bertz CT molecular complexity index is 326. The fourth-order valence-electron chi connectivity index (χ4n) is 1.78. The van der Waals surface area contributed by atoms with Gasteiger partial charge in [0.15, 0.2) is 11.7 Å². The second kappa shape index (κ2) is 4.82. The predicted octanol–water partition coefficient (Wildman–Crippen LogP) is -1.58. The van der Waals surface area contributed by atoms with Crippen molar-refractivity contribution < 1.29 is 34.8 Å². The van der Waals surface area contributed by atoms with Crippen LogP contribution in [0.15, 0.2) is 12.7 Å². The molecule has 0 aromatic heterocycles. The number of hydrogen-bond donors (Lipinski definition) is 4. The number of ether oxygens (including phenoxy) is 1. The molecule has 0 aliphatic heterocycles. The Morgan fingerprint density at radius 3 is 2.12 bits per heavy atom. The molecule has 1 aliphatic rings. The number of aliphatic hydroxyl groups is 3. The molecule has 0 bridgehead atoms. The van der Waals surface area contributed by atoms with Crippen molar-refractivity contribution in [2.45, 2.75) is 36.8 Å². The summed E-state index contributed by atoms with van der Waals surface area (Å²) in [6, 6.07) is 0. The lowest BCUT2D eigenvalue weighted by Crippen LogP contribution is -2.57. The van der Waals surface area contributed by atoms with E-state index in [-0.39, 0.29) is 0 Å². The number of aliphatic hydroxyl groups excluding tert-OH is 2. The molecule has 0 radical (unpaired) electrons. The highest BCUT2D eigenvalue weighted by Gasteiger charge is 2.50. The number of carbonyl (C=O) groups is 2. The van der Waals surface area contributed by atoms with Crippen LogP contribution in [0.1, 0.15) is 12.8 Å². The predicted molar refractivity (Wildman–Crippen MR) is 53.9 cm³/mol. The molecule has 0 heterocycles. The molecular formula is C10H14O7. The van der Waals surface area contributed by atoms with E-state index in [4.69, 9.17) is 5.11 Å². The van der Waals surface area contributed by atoms with Crippen LogP contribution < -0.4 is 0 Å². The van der Waals surface area contributed by atoms with Crippen LogP contribution in [-0.2, 0) is 14.3 Å². The molecule has 0 saturated heterocycles. The van der Waals surface area contributed by atoms with Crippen molar-refractivity contribution in [3.8, 4) is 0 Å². The summed E-state index contributed by atoms with van der Waals surface area (Å²) in [6.07, 6.45) is -4.35. The molecule has 4 atom stereocenters. The van der Waals surface area contributed by atoms with Crippen molar-refractivity contribution in [1.29, 1.82) is 0 Å². The summed E-state index contributed by atoms with van der Waals surface area (Å²) in [5.74, 6) is -2.38. The highest BCUT2D eigenvalue weighted by Crippen LogP contribution is 2.31. The van der Waals surface area contributed by atoms with Crippen molar-refractivity contribution in [1.82, 2.24) is 0 Å². The molecule has 4 N–H and O–H groups in total. The highest BCUT2D eigenvalue weighted by molar-refractivity contribution is 5.81. The third kappa shape index (κ3) is 2.82. The van der Waals surface area contributed by atoms with Gasteiger partial charge in [-0.25, -0.2) is 9.59 Å². The summed E-state index contributed by atoms with van der Waals surface area (Å²) >= 11 is 0. The highest BCUT2D eigenvalue weighted by atomic mass is 16.6. The van der Waals surface area contributed by atoms with E-state index in [9.17, 15) is 24.9 Å². The zero-order valence-electron chi connectivity index (χ0n) is 8.94. The Balaban J connectivity index is 2.78. The summed E-state index contributed by atoms with van der Waals surface area (Å²) in [4.78, 5) is 21.7. The fourth-order valence-corrected chi connectivity index (χ4v) is 1.78. The van der Waals surface area contributed by atoms with Gasteiger partial charge in [0, 0.05) is 18.9 Å². The Morgan fingerprint density at radius 2 is 1.76 bits per heavy atom. The van der Waals surface area contributed by atoms with E-state index in [0.717, 1.165) is 6.08 Å². The summed E-state index contributed by atoms with van der Waals surface area (Å²) in [7, 11) is 0. The fraction of sp³-hybridized carbons (Fsp3) is 0.600. The molecular weight excluding hydrogens is 232 g/mol. The first kappa shape index (κ1) is 13.6. The topological polar surface area (TPSA) is 124 Å². The van der Waals surface area contributed by atoms with Gasteiger partial charge < -0.3 is 25.2 Å². The van der Waals surface area contributed by atoms with Crippen molar-refractivity contribution in [3.63, 3.8) is 0 Å². The summed E-state index contributed by atoms with van der Waals surface area (Å²) in [5.41, 5.74) is -2.21. The van der Waals surface area contributed by atoms with E-state index >= 15 is 0 Å². The lowest BCUT2D eigenvalue weighted by atomic mass is 9.79. The van der Waals surface area contributed by atoms with Crippen LogP contribution in [0.3, 0.4) is 0 Å². The van der Waals surface area contributed by atoms with Gasteiger partial charge in [-0.05, 0) is 0 Å². The maximum Gasteiger partial charge on any atom is 0.335 e. The van der Waals surface area contributed by atoms with E-state index in [2.05, 4.69) is 11.3 Å². The van der Waals surface area contributed by atoms with Crippen LogP contribution in [0.2, 0.25) is 0 Å². The molecule has 0 amide bonds. The number of carboxylic acids is 1. The van der Waals surface area contributed by atoms with Crippen LogP contribution >= 0.6 is 0 Å². The van der Waals surface area contributed by atoms with Crippen LogP contribution in [0.4, 0.5) is 0 Å². The summed E-state index contributed by atoms with van der Waals surface area (Å²) < 4.78 is 4.68. The van der Waals surface area contributed by atoms with E-state index in [1.54, 1.807) is 0 Å². The lowest BCUT2D eigenvalue weighted by molar-refractivity contribution is -0.196. The van der Waals surface area contributed by atoms with Gasteiger partial charge in [0.05, 0.1) is 12.2 Å². The first-order chi connectivity index (χ1) is 7.80. The monoisotopic (exact) mass is 246 g/mol. The zero-order chi connectivity index (χ0) is 13.2. The van der Waals surface area contributed by atoms with E-state index in [0.29, 0.717) is 0 Å². The van der Waals surface area contributed by atoms with Crippen LogP contribution in [-0.4, -0.2) is 56.3 Å². The van der Waals surface area contributed by atoms with Crippen LogP contribution in [0.25, 0.3) is 0 Å². The second-order valence-electron chi connectivity index (χ2n) is 3.99. The molecule has 0 spiro atoms. The number of carbonyl (C=O) groups excluding carboxylic acids is 1. The number of carboxylic acid groups (broad SMARTS) is 1. The first-order valence-corrected chi connectivity index (χ1v) is 4.95. The van der Waals surface area contributed by atoms with E-state index in [1.165, 1.54) is 0 Å². The SMILES string of the molecule is C=CC(=O)OC1C(O)C[C@](O)(C(=O)O)C[C@@H]1O. The standard InChI is InChI=1S/C10H14O7/c1-2-7(13)17-8-5(11)3-10(16,9(14)15)4-6(8)12/h2,5-6,8,11-12,16H,1,3-4H2,(H,14,15)/t5-,6?,8?,10-/m0/s1. The molecule has 7 nitrogen and oxygen atoms in total. The normalized spacial score (nSPS) is 37.2. The van der Waals surface area contributed by atoms with Gasteiger partial charge in [-0.2, -0.15) is 0 Å². The average molecular weight is 246 g/mol. The minimum absolute atomic E-state index is 0.519. The molecule has 0 aromatic rings. The molecule has 96 valence electrons. The molecule has 1 aliphatic carbocycles. The van der Waals surface area contributed by atoms with E-state index in [1.807, 2.05) is 0 Å². The maximum atomic E-state index is 10.9. The minimum atomic E-state index is -2.21. The average Bonchev–Trinajstić information content (AvgIpc) is 2.22. The number of rotatable bonds is 3. The van der Waals surface area contributed by atoms with Gasteiger partial charge >= 0.3 is 11.9 Å². The molecule has 1 fully saturated rings. The van der Waals surface area contributed by atoms with Crippen LogP contribution in [0.5, 0.6) is 0 Å². The molecule has 1 saturated carbocycles. The smallest absolute Gasteiger partial charge is 0.335 e. The van der Waals surface area contributed by atoms with Crippen molar-refractivity contribution in [2.75, 3.05) is 0 Å². The van der Waals surface area contributed by atoms with Gasteiger partial charge in [-0.15, -0.1) is 0 Å². The van der Waals surface area contributed by atoms with Gasteiger partial charge in [0.25, 0.3) is 0 Å². The van der Waals surface area contributed by atoms with E-state index < -0.39 is 48.7 Å². The van der Waals surface area contributed by atoms with Gasteiger partial charge in [-0.3, -0.25) is 0 Å². The Hall–Kier alpha value is -1.44. The minimum Gasteiger partial charge on any atom is -0.479 e. The summed E-state index contributed by atoms with van der Waals surface area (Å²) in [5, 5.41) is 37.5. The summed E-state index contributed by atoms with van der Waals surface area (Å²) in [6.45, 7) is 3.15. The third-order valence-electron chi connectivity index (χ3n) is 2.67. The Morgan fingerprint density at radius 1 is 1.29 bits per heavy atom. The van der Waals surface area contributed by atoms with Crippen LogP contribution in [0, 0.1) is 0 Å². The number of aliphatic carboxylic acids is 1. The second-order valence-corrected chi connectivity index (χ2v) is 3.99.